The maximum absolute atomic E-state index is 12.5. The molecule has 0 atom stereocenters. The molecule has 3 aromatic heterocycles. The van der Waals surface area contributed by atoms with E-state index < -0.39 is 5.56 Å². The minimum absolute atomic E-state index is 0.137. The Kier molecular flexibility index (Phi) is 5.17. The lowest BCUT2D eigenvalue weighted by molar-refractivity contribution is -0.117. The van der Waals surface area contributed by atoms with Crippen molar-refractivity contribution < 1.29 is 9.32 Å². The van der Waals surface area contributed by atoms with E-state index in [0.29, 0.717) is 17.1 Å². The van der Waals surface area contributed by atoms with Crippen LogP contribution in [0.2, 0.25) is 0 Å². The normalized spacial score (nSPS) is 10.7. The lowest BCUT2D eigenvalue weighted by atomic mass is 10.1. The Morgan fingerprint density at radius 2 is 2.00 bits per heavy atom. The summed E-state index contributed by atoms with van der Waals surface area (Å²) in [5.74, 6) is 0.125. The number of hydrogen-bond donors (Lipinski definition) is 1. The number of anilines is 1. The summed E-state index contributed by atoms with van der Waals surface area (Å²) in [5.41, 5.74) is 3.29. The first kappa shape index (κ1) is 19.2. The van der Waals surface area contributed by atoms with Crippen LogP contribution in [0.15, 0.2) is 64.2 Å². The summed E-state index contributed by atoms with van der Waals surface area (Å²) in [7, 11) is 0. The number of nitrogens with one attached hydrogen (secondary N) is 1. The quantitative estimate of drug-likeness (QED) is 0.545. The monoisotopic (exact) mass is 402 g/mol. The van der Waals surface area contributed by atoms with Crippen LogP contribution in [0.4, 0.5) is 5.69 Å². The summed E-state index contributed by atoms with van der Waals surface area (Å²) in [5, 5.41) is 10.9. The minimum atomic E-state index is -0.415. The lowest BCUT2D eigenvalue weighted by Gasteiger charge is -2.11. The smallest absolute Gasteiger partial charge is 0.278 e. The van der Waals surface area contributed by atoms with Gasteiger partial charge in [-0.15, -0.1) is 0 Å². The van der Waals surface area contributed by atoms with Gasteiger partial charge < -0.3 is 9.84 Å². The van der Waals surface area contributed by atoms with Crippen molar-refractivity contribution in [3.8, 4) is 23.0 Å². The summed E-state index contributed by atoms with van der Waals surface area (Å²) < 4.78 is 6.32. The van der Waals surface area contributed by atoms with Crippen LogP contribution in [0.25, 0.3) is 23.0 Å². The molecule has 3 heterocycles. The van der Waals surface area contributed by atoms with Crippen molar-refractivity contribution in [3.63, 3.8) is 0 Å². The number of nitrogens with zero attached hydrogens (tertiary/aromatic N) is 5. The summed E-state index contributed by atoms with van der Waals surface area (Å²) in [6, 6.07) is 12.0. The minimum Gasteiger partial charge on any atom is -0.332 e. The zero-order valence-corrected chi connectivity index (χ0v) is 16.4. The summed E-state index contributed by atoms with van der Waals surface area (Å²) in [4.78, 5) is 33.0. The fraction of sp³-hybridized carbons (Fsp3) is 0.143. The molecule has 4 rings (SSSR count). The number of carbonyl (C=O) groups is 1. The van der Waals surface area contributed by atoms with Gasteiger partial charge in [0.15, 0.2) is 0 Å². The predicted octanol–water partition coefficient (Wildman–Crippen LogP) is 2.61. The fourth-order valence-electron chi connectivity index (χ4n) is 2.83. The molecular formula is C21H18N6O3. The Balaban J connectivity index is 1.55. The van der Waals surface area contributed by atoms with Gasteiger partial charge in [-0.1, -0.05) is 17.3 Å². The fourth-order valence-corrected chi connectivity index (χ4v) is 2.83. The van der Waals surface area contributed by atoms with Crippen LogP contribution in [0.5, 0.6) is 0 Å². The van der Waals surface area contributed by atoms with E-state index in [2.05, 4.69) is 25.5 Å². The zero-order valence-electron chi connectivity index (χ0n) is 16.4. The van der Waals surface area contributed by atoms with Crippen LogP contribution in [-0.2, 0) is 11.3 Å². The van der Waals surface area contributed by atoms with Gasteiger partial charge in [-0.05, 0) is 49.2 Å². The third-order valence-corrected chi connectivity index (χ3v) is 4.60. The highest BCUT2D eigenvalue weighted by Crippen LogP contribution is 2.20. The molecule has 9 heteroatoms. The zero-order chi connectivity index (χ0) is 21.1. The summed E-state index contributed by atoms with van der Waals surface area (Å²) in [6.45, 7) is 3.64. The molecule has 0 fully saturated rings. The molecule has 9 nitrogen and oxygen atoms in total. The Morgan fingerprint density at radius 3 is 2.80 bits per heavy atom. The highest BCUT2D eigenvalue weighted by Gasteiger charge is 2.15. The summed E-state index contributed by atoms with van der Waals surface area (Å²) in [6.07, 6.45) is 3.26. The Morgan fingerprint density at radius 1 is 1.13 bits per heavy atom. The molecule has 0 saturated heterocycles. The van der Waals surface area contributed by atoms with Crippen LogP contribution in [0, 0.1) is 13.8 Å². The number of rotatable bonds is 5. The Bertz CT molecular complexity index is 1260. The molecule has 0 aliphatic rings. The third kappa shape index (κ3) is 4.00. The van der Waals surface area contributed by atoms with Crippen molar-refractivity contribution in [2.45, 2.75) is 20.4 Å². The van der Waals surface area contributed by atoms with Gasteiger partial charge in [0.25, 0.3) is 11.4 Å². The molecule has 0 spiro atoms. The van der Waals surface area contributed by atoms with Crippen molar-refractivity contribution in [2.24, 2.45) is 0 Å². The molecule has 0 unspecified atom stereocenters. The van der Waals surface area contributed by atoms with Crippen LogP contribution >= 0.6 is 0 Å². The maximum Gasteiger partial charge on any atom is 0.278 e. The number of amides is 1. The molecule has 4 aromatic rings. The number of hydrogen-bond acceptors (Lipinski definition) is 7. The van der Waals surface area contributed by atoms with E-state index in [9.17, 15) is 9.59 Å². The number of benzene rings is 1. The molecule has 0 aliphatic heterocycles. The van der Waals surface area contributed by atoms with Gasteiger partial charge in [-0.2, -0.15) is 10.1 Å². The molecule has 150 valence electrons. The highest BCUT2D eigenvalue weighted by molar-refractivity contribution is 5.91. The Hall–Kier alpha value is -4.14. The molecule has 1 N–H and O–H groups in total. The molecular weight excluding hydrogens is 384 g/mol. The van der Waals surface area contributed by atoms with E-state index in [1.54, 1.807) is 24.5 Å². The largest absolute Gasteiger partial charge is 0.332 e. The predicted molar refractivity (Wildman–Crippen MR) is 110 cm³/mol. The van der Waals surface area contributed by atoms with E-state index in [1.807, 2.05) is 32.0 Å². The van der Waals surface area contributed by atoms with E-state index in [1.165, 1.54) is 12.1 Å². The number of aryl methyl sites for hydroxylation is 1. The first-order valence-electron chi connectivity index (χ1n) is 9.20. The second-order valence-corrected chi connectivity index (χ2v) is 6.67. The van der Waals surface area contributed by atoms with E-state index >= 15 is 0 Å². The topological polar surface area (TPSA) is 116 Å². The number of aromatic nitrogens is 5. The van der Waals surface area contributed by atoms with Gasteiger partial charge in [-0.25, -0.2) is 4.68 Å². The van der Waals surface area contributed by atoms with Crippen molar-refractivity contribution in [3.05, 3.63) is 76.3 Å². The van der Waals surface area contributed by atoms with Crippen molar-refractivity contribution in [1.82, 2.24) is 24.9 Å². The van der Waals surface area contributed by atoms with Crippen LogP contribution < -0.4 is 10.9 Å². The van der Waals surface area contributed by atoms with Crippen LogP contribution in [0.3, 0.4) is 0 Å². The summed E-state index contributed by atoms with van der Waals surface area (Å²) >= 11 is 0. The molecule has 1 aromatic carbocycles. The van der Waals surface area contributed by atoms with Gasteiger partial charge in [0.05, 0.1) is 0 Å². The molecule has 0 aliphatic carbocycles. The van der Waals surface area contributed by atoms with Crippen LogP contribution in [0.1, 0.15) is 11.1 Å². The molecule has 30 heavy (non-hydrogen) atoms. The van der Waals surface area contributed by atoms with Crippen molar-refractivity contribution in [1.29, 1.82) is 0 Å². The average Bonchev–Trinajstić information content (AvgIpc) is 3.24. The first-order valence-corrected chi connectivity index (χ1v) is 9.20. The van der Waals surface area contributed by atoms with Gasteiger partial charge in [0, 0.05) is 29.7 Å². The van der Waals surface area contributed by atoms with Gasteiger partial charge in [-0.3, -0.25) is 14.6 Å². The second-order valence-electron chi connectivity index (χ2n) is 6.67. The molecule has 0 radical (unpaired) electrons. The van der Waals surface area contributed by atoms with Crippen LogP contribution in [-0.4, -0.2) is 30.8 Å². The van der Waals surface area contributed by atoms with E-state index in [-0.39, 0.29) is 24.0 Å². The molecule has 0 bridgehead atoms. The second kappa shape index (κ2) is 8.08. The van der Waals surface area contributed by atoms with E-state index in [4.69, 9.17) is 4.52 Å². The SMILES string of the molecule is Cc1cccc(NC(=O)Cn2nc(-c3nc(-c4cccnc4)no3)ccc2=O)c1C. The van der Waals surface area contributed by atoms with Crippen molar-refractivity contribution in [2.75, 3.05) is 5.32 Å². The van der Waals surface area contributed by atoms with Crippen molar-refractivity contribution >= 4 is 11.6 Å². The number of carbonyl (C=O) groups excluding carboxylic acids is 1. The van der Waals surface area contributed by atoms with E-state index in [0.717, 1.165) is 15.8 Å². The highest BCUT2D eigenvalue weighted by atomic mass is 16.5. The third-order valence-electron chi connectivity index (χ3n) is 4.60. The maximum atomic E-state index is 12.5. The molecule has 0 saturated carbocycles. The average molecular weight is 402 g/mol. The number of pyridine rings is 1. The molecule has 1 amide bonds. The van der Waals surface area contributed by atoms with Gasteiger partial charge in [0.1, 0.15) is 12.2 Å². The van der Waals surface area contributed by atoms with Gasteiger partial charge in [0.2, 0.25) is 11.7 Å². The standard InChI is InChI=1S/C21H18N6O3/c1-13-5-3-7-16(14(13)2)23-18(28)12-27-19(29)9-8-17(25-27)21-24-20(26-30-21)15-6-4-10-22-11-15/h3-11H,12H2,1-2H3,(H,23,28). The van der Waals surface area contributed by atoms with Gasteiger partial charge >= 0.3 is 0 Å². The first-order chi connectivity index (χ1) is 14.5. The Labute approximate surface area is 171 Å². The lowest BCUT2D eigenvalue weighted by Crippen LogP contribution is -2.29.